The van der Waals surface area contributed by atoms with Crippen LogP contribution in [0.5, 0.6) is 0 Å². The van der Waals surface area contributed by atoms with Crippen molar-refractivity contribution in [3.05, 3.63) is 30.1 Å². The molecule has 0 spiro atoms. The van der Waals surface area contributed by atoms with Crippen LogP contribution in [-0.4, -0.2) is 68.3 Å². The van der Waals surface area contributed by atoms with Crippen LogP contribution in [0.3, 0.4) is 0 Å². The molecular weight excluding hydrogens is 357 g/mol. The van der Waals surface area contributed by atoms with Gasteiger partial charge in [-0.25, -0.2) is 12.8 Å². The van der Waals surface area contributed by atoms with Crippen molar-refractivity contribution in [2.75, 3.05) is 32.7 Å². The SMILES string of the molecule is CC(C)N(C(=O)C[NH+]1CCN(S(=O)(=O)c2ccc(F)cc2)CC1)C(C)C. The molecule has 0 bridgehead atoms. The lowest BCUT2D eigenvalue weighted by molar-refractivity contribution is -0.896. The van der Waals surface area contributed by atoms with Crippen LogP contribution in [0.15, 0.2) is 29.2 Å². The van der Waals surface area contributed by atoms with Crippen molar-refractivity contribution in [1.29, 1.82) is 0 Å². The molecule has 6 nitrogen and oxygen atoms in total. The number of hydrogen-bond donors (Lipinski definition) is 1. The normalized spacial score (nSPS) is 17.0. The van der Waals surface area contributed by atoms with Crippen LogP contribution in [0.1, 0.15) is 27.7 Å². The Hall–Kier alpha value is -1.51. The summed E-state index contributed by atoms with van der Waals surface area (Å²) in [6.45, 7) is 10.2. The van der Waals surface area contributed by atoms with Crippen molar-refractivity contribution in [2.45, 2.75) is 44.7 Å². The highest BCUT2D eigenvalue weighted by atomic mass is 32.2. The van der Waals surface area contributed by atoms with E-state index in [2.05, 4.69) is 0 Å². The zero-order valence-corrected chi connectivity index (χ0v) is 16.7. The minimum Gasteiger partial charge on any atom is -0.333 e. The topological polar surface area (TPSA) is 62.1 Å². The molecule has 1 aromatic carbocycles. The molecule has 1 N–H and O–H groups in total. The van der Waals surface area contributed by atoms with Gasteiger partial charge < -0.3 is 9.80 Å². The van der Waals surface area contributed by atoms with Gasteiger partial charge in [0.1, 0.15) is 5.82 Å². The van der Waals surface area contributed by atoms with Crippen LogP contribution in [-0.2, 0) is 14.8 Å². The maximum Gasteiger partial charge on any atom is 0.278 e. The molecule has 146 valence electrons. The minimum absolute atomic E-state index is 0.0971. The number of quaternary nitrogens is 1. The number of benzene rings is 1. The zero-order chi connectivity index (χ0) is 19.5. The van der Waals surface area contributed by atoms with Gasteiger partial charge in [-0.2, -0.15) is 4.31 Å². The number of piperazine rings is 1. The number of rotatable bonds is 6. The Kier molecular flexibility index (Phi) is 6.76. The van der Waals surface area contributed by atoms with E-state index >= 15 is 0 Å². The standard InChI is InChI=1S/C18H28FN3O3S/c1-14(2)22(15(3)4)18(23)13-20-9-11-21(12-10-20)26(24,25)17-7-5-16(19)6-8-17/h5-8,14-15H,9-13H2,1-4H3/p+1. The van der Waals surface area contributed by atoms with Crippen molar-refractivity contribution in [2.24, 2.45) is 0 Å². The summed E-state index contributed by atoms with van der Waals surface area (Å²) < 4.78 is 39.7. The first-order chi connectivity index (χ1) is 12.1. The van der Waals surface area contributed by atoms with E-state index in [1.807, 2.05) is 32.6 Å². The lowest BCUT2D eigenvalue weighted by Crippen LogP contribution is -3.15. The molecule has 1 amide bonds. The highest BCUT2D eigenvalue weighted by Crippen LogP contribution is 2.16. The Morgan fingerprint density at radius 1 is 1.12 bits per heavy atom. The van der Waals surface area contributed by atoms with Gasteiger partial charge in [-0.1, -0.05) is 0 Å². The van der Waals surface area contributed by atoms with E-state index < -0.39 is 15.8 Å². The molecule has 0 aliphatic carbocycles. The molecule has 2 rings (SSSR count). The first kappa shape index (κ1) is 20.8. The van der Waals surface area contributed by atoms with E-state index in [4.69, 9.17) is 0 Å². The number of hydrogen-bond acceptors (Lipinski definition) is 3. The summed E-state index contributed by atoms with van der Waals surface area (Å²) in [5, 5.41) is 0. The molecule has 1 fully saturated rings. The Labute approximate surface area is 155 Å². The number of halogens is 1. The van der Waals surface area contributed by atoms with Crippen LogP contribution in [0.4, 0.5) is 4.39 Å². The largest absolute Gasteiger partial charge is 0.333 e. The molecule has 26 heavy (non-hydrogen) atoms. The van der Waals surface area contributed by atoms with Gasteiger partial charge in [0.05, 0.1) is 31.1 Å². The summed E-state index contributed by atoms with van der Waals surface area (Å²) in [4.78, 5) is 15.6. The van der Waals surface area contributed by atoms with Gasteiger partial charge in [-0.3, -0.25) is 4.79 Å². The fraction of sp³-hybridized carbons (Fsp3) is 0.611. The van der Waals surface area contributed by atoms with Crippen molar-refractivity contribution in [3.63, 3.8) is 0 Å². The Morgan fingerprint density at radius 3 is 2.08 bits per heavy atom. The summed E-state index contributed by atoms with van der Waals surface area (Å²) in [6.07, 6.45) is 0. The lowest BCUT2D eigenvalue weighted by Gasteiger charge is -2.35. The van der Waals surface area contributed by atoms with Gasteiger partial charge in [0.15, 0.2) is 6.54 Å². The highest BCUT2D eigenvalue weighted by molar-refractivity contribution is 7.89. The number of nitrogens with zero attached hydrogens (tertiary/aromatic N) is 2. The summed E-state index contributed by atoms with van der Waals surface area (Å²) >= 11 is 0. The first-order valence-corrected chi connectivity index (χ1v) is 10.5. The molecule has 0 atom stereocenters. The van der Waals surface area contributed by atoms with Crippen LogP contribution in [0.25, 0.3) is 0 Å². The van der Waals surface area contributed by atoms with Crippen molar-refractivity contribution < 1.29 is 22.5 Å². The number of carbonyl (C=O) groups excluding carboxylic acids is 1. The van der Waals surface area contributed by atoms with Crippen LogP contribution >= 0.6 is 0 Å². The summed E-state index contributed by atoms with van der Waals surface area (Å²) in [6, 6.07) is 5.16. The third kappa shape index (κ3) is 4.81. The molecule has 1 heterocycles. The third-order valence-corrected chi connectivity index (χ3v) is 6.60. The first-order valence-electron chi connectivity index (χ1n) is 9.03. The molecule has 1 aliphatic rings. The average molecular weight is 387 g/mol. The Balaban J connectivity index is 1.96. The van der Waals surface area contributed by atoms with E-state index in [0.717, 1.165) is 17.0 Å². The number of nitrogens with one attached hydrogen (secondary N) is 1. The second-order valence-electron chi connectivity index (χ2n) is 7.27. The van der Waals surface area contributed by atoms with Gasteiger partial charge in [-0.15, -0.1) is 0 Å². The maximum atomic E-state index is 13.0. The van der Waals surface area contributed by atoms with Crippen LogP contribution in [0, 0.1) is 5.82 Å². The summed E-state index contributed by atoms with van der Waals surface area (Å²) in [5.41, 5.74) is 0. The van der Waals surface area contributed by atoms with Gasteiger partial charge in [-0.05, 0) is 52.0 Å². The van der Waals surface area contributed by atoms with E-state index in [-0.39, 0.29) is 22.9 Å². The van der Waals surface area contributed by atoms with E-state index in [9.17, 15) is 17.6 Å². The van der Waals surface area contributed by atoms with Crippen molar-refractivity contribution >= 4 is 15.9 Å². The second kappa shape index (κ2) is 8.45. The second-order valence-corrected chi connectivity index (χ2v) is 9.21. The number of carbonyl (C=O) groups is 1. The fourth-order valence-electron chi connectivity index (χ4n) is 3.45. The highest BCUT2D eigenvalue weighted by Gasteiger charge is 2.32. The molecule has 1 aromatic rings. The van der Waals surface area contributed by atoms with Crippen LogP contribution < -0.4 is 4.90 Å². The monoisotopic (exact) mass is 386 g/mol. The molecule has 0 unspecified atom stereocenters. The fourth-order valence-corrected chi connectivity index (χ4v) is 4.89. The Bertz CT molecular complexity index is 704. The molecule has 0 radical (unpaired) electrons. The third-order valence-electron chi connectivity index (χ3n) is 4.68. The average Bonchev–Trinajstić information content (AvgIpc) is 2.55. The summed E-state index contributed by atoms with van der Waals surface area (Å²) in [7, 11) is -3.62. The molecule has 1 saturated heterocycles. The maximum absolute atomic E-state index is 13.0. The molecular formula is C18H29FN3O3S+. The van der Waals surface area contributed by atoms with Crippen molar-refractivity contribution in [3.8, 4) is 0 Å². The molecule has 0 aromatic heterocycles. The molecule has 8 heteroatoms. The molecule has 0 saturated carbocycles. The lowest BCUT2D eigenvalue weighted by atomic mass is 10.2. The molecule has 1 aliphatic heterocycles. The predicted molar refractivity (Wildman–Crippen MR) is 97.8 cm³/mol. The van der Waals surface area contributed by atoms with Gasteiger partial charge in [0, 0.05) is 12.1 Å². The van der Waals surface area contributed by atoms with Gasteiger partial charge >= 0.3 is 0 Å². The van der Waals surface area contributed by atoms with Gasteiger partial charge in [0.25, 0.3) is 5.91 Å². The van der Waals surface area contributed by atoms with E-state index in [1.54, 1.807) is 0 Å². The van der Waals surface area contributed by atoms with Crippen LogP contribution in [0.2, 0.25) is 0 Å². The Morgan fingerprint density at radius 2 is 1.62 bits per heavy atom. The number of amides is 1. The van der Waals surface area contributed by atoms with Crippen molar-refractivity contribution in [1.82, 2.24) is 9.21 Å². The predicted octanol–water partition coefficient (Wildman–Crippen LogP) is 0.360. The van der Waals surface area contributed by atoms with E-state index in [0.29, 0.717) is 32.7 Å². The smallest absolute Gasteiger partial charge is 0.278 e. The quantitative estimate of drug-likeness (QED) is 0.768. The zero-order valence-electron chi connectivity index (χ0n) is 15.9. The minimum atomic E-state index is -3.62. The van der Waals surface area contributed by atoms with E-state index in [1.165, 1.54) is 16.4 Å². The number of sulfonamides is 1. The summed E-state index contributed by atoms with van der Waals surface area (Å²) in [5.74, 6) is -0.364. The van der Waals surface area contributed by atoms with Gasteiger partial charge in [0.2, 0.25) is 10.0 Å².